The van der Waals surface area contributed by atoms with E-state index in [2.05, 4.69) is 4.98 Å². The highest BCUT2D eigenvalue weighted by molar-refractivity contribution is 5.57. The second-order valence-electron chi connectivity index (χ2n) is 3.73. The highest BCUT2D eigenvalue weighted by atomic mass is 16.6. The zero-order chi connectivity index (χ0) is 11.5. The number of nitrogens with zero attached hydrogens (tertiary/aromatic N) is 3. The van der Waals surface area contributed by atoms with Crippen molar-refractivity contribution in [3.05, 3.63) is 28.4 Å². The van der Waals surface area contributed by atoms with E-state index in [1.807, 2.05) is 11.8 Å². The average Bonchev–Trinajstić information content (AvgIpc) is 2.29. The predicted octanol–water partition coefficient (Wildman–Crippen LogP) is 1.21. The van der Waals surface area contributed by atoms with E-state index in [0.29, 0.717) is 25.5 Å². The summed E-state index contributed by atoms with van der Waals surface area (Å²) in [4.78, 5) is 16.4. The van der Waals surface area contributed by atoms with Gasteiger partial charge in [-0.25, -0.2) is 4.98 Å². The number of morpholine rings is 1. The molecule has 1 aliphatic rings. The minimum Gasteiger partial charge on any atom is -0.375 e. The average molecular weight is 223 g/mol. The van der Waals surface area contributed by atoms with Gasteiger partial charge in [0.2, 0.25) is 5.82 Å². The van der Waals surface area contributed by atoms with Crippen molar-refractivity contribution < 1.29 is 9.66 Å². The summed E-state index contributed by atoms with van der Waals surface area (Å²) in [7, 11) is 0. The largest absolute Gasteiger partial charge is 0.375 e. The second-order valence-corrected chi connectivity index (χ2v) is 3.73. The summed E-state index contributed by atoms with van der Waals surface area (Å²) < 4.78 is 5.39. The molecule has 0 saturated carbocycles. The van der Waals surface area contributed by atoms with Crippen LogP contribution in [0, 0.1) is 10.1 Å². The zero-order valence-electron chi connectivity index (χ0n) is 9.00. The van der Waals surface area contributed by atoms with Gasteiger partial charge in [-0.1, -0.05) is 0 Å². The smallest absolute Gasteiger partial charge is 0.311 e. The number of rotatable bonds is 2. The van der Waals surface area contributed by atoms with E-state index in [-0.39, 0.29) is 11.8 Å². The van der Waals surface area contributed by atoms with Crippen LogP contribution in [0.3, 0.4) is 0 Å². The first-order valence-electron chi connectivity index (χ1n) is 5.14. The van der Waals surface area contributed by atoms with E-state index in [1.165, 1.54) is 6.07 Å². The maximum atomic E-state index is 10.9. The Labute approximate surface area is 93.0 Å². The molecule has 1 aromatic heterocycles. The van der Waals surface area contributed by atoms with Crippen molar-refractivity contribution in [2.45, 2.75) is 13.0 Å². The van der Waals surface area contributed by atoms with E-state index in [9.17, 15) is 10.1 Å². The Morgan fingerprint density at radius 1 is 1.69 bits per heavy atom. The van der Waals surface area contributed by atoms with Gasteiger partial charge in [-0.15, -0.1) is 0 Å². The molecule has 0 amide bonds. The van der Waals surface area contributed by atoms with Crippen molar-refractivity contribution in [1.82, 2.24) is 4.98 Å². The third kappa shape index (κ3) is 2.11. The predicted molar refractivity (Wildman–Crippen MR) is 58.5 cm³/mol. The number of pyridine rings is 1. The van der Waals surface area contributed by atoms with Crippen molar-refractivity contribution in [1.29, 1.82) is 0 Å². The summed E-state index contributed by atoms with van der Waals surface area (Å²) in [5.41, 5.74) is 0.0524. The van der Waals surface area contributed by atoms with Gasteiger partial charge in [-0.2, -0.15) is 0 Å². The van der Waals surface area contributed by atoms with Crippen LogP contribution in [-0.4, -0.2) is 35.7 Å². The third-order valence-electron chi connectivity index (χ3n) is 2.50. The van der Waals surface area contributed by atoms with Crippen molar-refractivity contribution in [2.24, 2.45) is 0 Å². The summed E-state index contributed by atoms with van der Waals surface area (Å²) in [5, 5.41) is 10.9. The maximum absolute atomic E-state index is 10.9. The first-order chi connectivity index (χ1) is 7.68. The summed E-state index contributed by atoms with van der Waals surface area (Å²) >= 11 is 0. The fraction of sp³-hybridized carbons (Fsp3) is 0.500. The molecule has 1 unspecified atom stereocenters. The maximum Gasteiger partial charge on any atom is 0.311 e. The lowest BCUT2D eigenvalue weighted by atomic mass is 10.3. The highest BCUT2D eigenvalue weighted by Gasteiger charge is 2.24. The number of ether oxygens (including phenoxy) is 1. The molecule has 1 atom stereocenters. The van der Waals surface area contributed by atoms with Gasteiger partial charge in [0.1, 0.15) is 0 Å². The molecule has 0 N–H and O–H groups in total. The molecule has 2 heterocycles. The fourth-order valence-corrected chi connectivity index (χ4v) is 1.79. The Hall–Kier alpha value is -1.69. The van der Waals surface area contributed by atoms with Crippen LogP contribution < -0.4 is 4.90 Å². The summed E-state index contributed by atoms with van der Waals surface area (Å²) in [6.45, 7) is 3.80. The molecular formula is C10H13N3O3. The molecule has 6 nitrogen and oxygen atoms in total. The van der Waals surface area contributed by atoms with Crippen LogP contribution in [0.4, 0.5) is 11.5 Å². The Morgan fingerprint density at radius 2 is 2.50 bits per heavy atom. The minimum atomic E-state index is -0.400. The van der Waals surface area contributed by atoms with Crippen LogP contribution in [0.2, 0.25) is 0 Å². The lowest BCUT2D eigenvalue weighted by molar-refractivity contribution is -0.384. The third-order valence-corrected chi connectivity index (χ3v) is 2.50. The highest BCUT2D eigenvalue weighted by Crippen LogP contribution is 2.26. The van der Waals surface area contributed by atoms with Crippen molar-refractivity contribution in [2.75, 3.05) is 24.6 Å². The van der Waals surface area contributed by atoms with Gasteiger partial charge in [0, 0.05) is 25.4 Å². The summed E-state index contributed by atoms with van der Waals surface area (Å²) in [6.07, 6.45) is 1.65. The lowest BCUT2D eigenvalue weighted by Gasteiger charge is -2.31. The summed E-state index contributed by atoms with van der Waals surface area (Å²) in [6, 6.07) is 3.05. The Morgan fingerprint density at radius 3 is 3.19 bits per heavy atom. The number of aromatic nitrogens is 1. The summed E-state index contributed by atoms with van der Waals surface area (Å²) in [5.74, 6) is 0.433. The molecule has 2 rings (SSSR count). The van der Waals surface area contributed by atoms with Gasteiger partial charge in [0.15, 0.2) is 0 Å². The SMILES string of the molecule is CC1CN(c2ncccc2[N+](=O)[O-])CCO1. The van der Waals surface area contributed by atoms with Crippen molar-refractivity contribution in [3.8, 4) is 0 Å². The number of hydrogen-bond donors (Lipinski definition) is 0. The minimum absolute atomic E-state index is 0.0524. The van der Waals surface area contributed by atoms with Crippen LogP contribution in [0.5, 0.6) is 0 Å². The molecule has 1 aliphatic heterocycles. The Bertz CT molecular complexity index is 397. The normalized spacial score (nSPS) is 20.8. The monoisotopic (exact) mass is 223 g/mol. The molecule has 0 spiro atoms. The van der Waals surface area contributed by atoms with Gasteiger partial charge in [-0.3, -0.25) is 10.1 Å². The molecule has 1 fully saturated rings. The second kappa shape index (κ2) is 4.44. The molecule has 1 saturated heterocycles. The van der Waals surface area contributed by atoms with Crippen LogP contribution in [0.25, 0.3) is 0 Å². The number of hydrogen-bond acceptors (Lipinski definition) is 5. The molecule has 1 aromatic rings. The van der Waals surface area contributed by atoms with E-state index in [4.69, 9.17) is 4.74 Å². The first-order valence-corrected chi connectivity index (χ1v) is 5.14. The van der Waals surface area contributed by atoms with E-state index < -0.39 is 4.92 Å². The topological polar surface area (TPSA) is 68.5 Å². The molecule has 0 bridgehead atoms. The molecule has 16 heavy (non-hydrogen) atoms. The molecule has 0 aliphatic carbocycles. The van der Waals surface area contributed by atoms with Crippen molar-refractivity contribution >= 4 is 11.5 Å². The standard InChI is InChI=1S/C10H13N3O3/c1-8-7-12(5-6-16-8)10-9(13(14)15)3-2-4-11-10/h2-4,8H,5-7H2,1H3. The van der Waals surface area contributed by atoms with Crippen LogP contribution in [-0.2, 0) is 4.74 Å². The van der Waals surface area contributed by atoms with E-state index in [0.717, 1.165) is 0 Å². The van der Waals surface area contributed by atoms with Crippen LogP contribution in [0.1, 0.15) is 6.92 Å². The van der Waals surface area contributed by atoms with Gasteiger partial charge < -0.3 is 9.64 Å². The van der Waals surface area contributed by atoms with Gasteiger partial charge >= 0.3 is 5.69 Å². The van der Waals surface area contributed by atoms with Crippen molar-refractivity contribution in [3.63, 3.8) is 0 Å². The quantitative estimate of drug-likeness (QED) is 0.557. The number of anilines is 1. The molecule has 6 heteroatoms. The van der Waals surface area contributed by atoms with Gasteiger partial charge in [0.05, 0.1) is 17.6 Å². The molecule has 0 aromatic carbocycles. The lowest BCUT2D eigenvalue weighted by Crippen LogP contribution is -2.41. The number of nitro groups is 1. The fourth-order valence-electron chi connectivity index (χ4n) is 1.79. The van der Waals surface area contributed by atoms with E-state index in [1.54, 1.807) is 12.3 Å². The van der Waals surface area contributed by atoms with Gasteiger partial charge in [0.25, 0.3) is 0 Å². The Balaban J connectivity index is 2.28. The van der Waals surface area contributed by atoms with E-state index >= 15 is 0 Å². The zero-order valence-corrected chi connectivity index (χ0v) is 9.00. The first kappa shape index (κ1) is 10.8. The Kier molecular flexibility index (Phi) is 3.00. The van der Waals surface area contributed by atoms with Crippen LogP contribution >= 0.6 is 0 Å². The van der Waals surface area contributed by atoms with Crippen LogP contribution in [0.15, 0.2) is 18.3 Å². The molecular weight excluding hydrogens is 210 g/mol. The van der Waals surface area contributed by atoms with Gasteiger partial charge in [-0.05, 0) is 13.0 Å². The molecule has 0 radical (unpaired) electrons. The molecule has 86 valence electrons.